The molecule has 8 heteroatoms. The van der Waals surface area contributed by atoms with Gasteiger partial charge in [0.1, 0.15) is 11.4 Å². The molecule has 2 aromatic carbocycles. The molecule has 0 spiro atoms. The zero-order chi connectivity index (χ0) is 23.3. The van der Waals surface area contributed by atoms with Gasteiger partial charge in [0.2, 0.25) is 5.91 Å². The normalized spacial score (nSPS) is 14.2. The highest BCUT2D eigenvalue weighted by atomic mass is 16.3. The van der Waals surface area contributed by atoms with Crippen molar-refractivity contribution in [3.63, 3.8) is 0 Å². The van der Waals surface area contributed by atoms with Gasteiger partial charge in [-0.25, -0.2) is 4.68 Å². The fourth-order valence-corrected chi connectivity index (χ4v) is 4.04. The summed E-state index contributed by atoms with van der Waals surface area (Å²) >= 11 is 0. The summed E-state index contributed by atoms with van der Waals surface area (Å²) < 4.78 is 7.16. The van der Waals surface area contributed by atoms with Crippen molar-refractivity contribution in [1.29, 1.82) is 0 Å². The van der Waals surface area contributed by atoms with Crippen molar-refractivity contribution >= 4 is 17.5 Å². The molecule has 1 aliphatic heterocycles. The van der Waals surface area contributed by atoms with Crippen LogP contribution in [0.5, 0.6) is 0 Å². The molecule has 0 saturated carbocycles. The van der Waals surface area contributed by atoms with E-state index in [4.69, 9.17) is 4.42 Å². The summed E-state index contributed by atoms with van der Waals surface area (Å²) in [5, 5.41) is 7.55. The van der Waals surface area contributed by atoms with Crippen LogP contribution in [-0.4, -0.2) is 64.1 Å². The van der Waals surface area contributed by atoms with Crippen LogP contribution in [-0.2, 0) is 4.79 Å². The fourth-order valence-electron chi connectivity index (χ4n) is 4.04. The summed E-state index contributed by atoms with van der Waals surface area (Å²) in [6, 6.07) is 24.4. The molecule has 1 fully saturated rings. The third kappa shape index (κ3) is 4.77. The van der Waals surface area contributed by atoms with Crippen LogP contribution in [0, 0.1) is 0 Å². The number of piperazine rings is 1. The average Bonchev–Trinajstić information content (AvgIpc) is 3.56. The first kappa shape index (κ1) is 21.7. The highest BCUT2D eigenvalue weighted by Gasteiger charge is 2.27. The number of hydrogen-bond donors (Lipinski definition) is 1. The van der Waals surface area contributed by atoms with Crippen LogP contribution in [0.3, 0.4) is 0 Å². The topological polar surface area (TPSA) is 83.6 Å². The summed E-state index contributed by atoms with van der Waals surface area (Å²) in [6.07, 6.45) is 1.59. The second-order valence-corrected chi connectivity index (χ2v) is 8.12. The van der Waals surface area contributed by atoms with Gasteiger partial charge < -0.3 is 14.6 Å². The first-order valence-corrected chi connectivity index (χ1v) is 11.2. The van der Waals surface area contributed by atoms with Gasteiger partial charge in [0.05, 0.1) is 18.5 Å². The molecule has 5 rings (SSSR count). The third-order valence-electron chi connectivity index (χ3n) is 5.79. The highest BCUT2D eigenvalue weighted by Crippen LogP contribution is 2.23. The first-order chi connectivity index (χ1) is 16.7. The van der Waals surface area contributed by atoms with Crippen LogP contribution in [0.2, 0.25) is 0 Å². The lowest BCUT2D eigenvalue weighted by molar-refractivity contribution is -0.117. The van der Waals surface area contributed by atoms with Crippen LogP contribution in [0.15, 0.2) is 89.5 Å². The predicted molar refractivity (Wildman–Crippen MR) is 129 cm³/mol. The molecule has 34 heavy (non-hydrogen) atoms. The summed E-state index contributed by atoms with van der Waals surface area (Å²) in [7, 11) is 0. The minimum atomic E-state index is -0.0949. The Balaban J connectivity index is 1.27. The molecular formula is C26H25N5O3. The van der Waals surface area contributed by atoms with Crippen molar-refractivity contribution in [2.24, 2.45) is 0 Å². The number of carbonyl (C=O) groups excluding carboxylic acids is 2. The number of benzene rings is 2. The second-order valence-electron chi connectivity index (χ2n) is 8.12. The van der Waals surface area contributed by atoms with E-state index in [0.717, 1.165) is 11.4 Å². The number of para-hydroxylation sites is 2. The van der Waals surface area contributed by atoms with Crippen LogP contribution in [0.4, 0.5) is 5.69 Å². The third-order valence-corrected chi connectivity index (χ3v) is 5.79. The van der Waals surface area contributed by atoms with E-state index in [1.807, 2.05) is 71.6 Å². The van der Waals surface area contributed by atoms with Crippen molar-refractivity contribution < 1.29 is 14.0 Å². The van der Waals surface area contributed by atoms with Gasteiger partial charge in [-0.3, -0.25) is 14.5 Å². The Morgan fingerprint density at radius 3 is 2.26 bits per heavy atom. The standard InChI is InChI=1S/C26H25N5O3/c32-25(27-20-8-3-1-4-9-20)19-29-13-15-30(16-14-29)26(33)23-18-22(24-12-7-17-34-24)28-31(23)21-10-5-2-6-11-21/h1-12,17-18H,13-16,19H2,(H,27,32). The lowest BCUT2D eigenvalue weighted by atomic mass is 10.2. The van der Waals surface area contributed by atoms with Crippen molar-refractivity contribution in [2.45, 2.75) is 0 Å². The summed E-state index contributed by atoms with van der Waals surface area (Å²) in [5.74, 6) is 0.455. The molecule has 0 aliphatic carbocycles. The zero-order valence-corrected chi connectivity index (χ0v) is 18.6. The smallest absolute Gasteiger partial charge is 0.272 e. The maximum absolute atomic E-state index is 13.5. The van der Waals surface area contributed by atoms with Crippen LogP contribution < -0.4 is 5.32 Å². The maximum Gasteiger partial charge on any atom is 0.272 e. The van der Waals surface area contributed by atoms with Crippen molar-refractivity contribution in [3.05, 3.63) is 90.8 Å². The summed E-state index contributed by atoms with van der Waals surface area (Å²) in [5.41, 5.74) is 2.67. The van der Waals surface area contributed by atoms with Gasteiger partial charge in [0.25, 0.3) is 5.91 Å². The molecule has 0 unspecified atom stereocenters. The Hall–Kier alpha value is -4.17. The number of furan rings is 1. The number of nitrogens with one attached hydrogen (secondary N) is 1. The van der Waals surface area contributed by atoms with E-state index in [1.54, 1.807) is 23.1 Å². The van der Waals surface area contributed by atoms with Gasteiger partial charge in [-0.15, -0.1) is 0 Å². The number of nitrogens with zero attached hydrogens (tertiary/aromatic N) is 4. The van der Waals surface area contributed by atoms with E-state index in [0.29, 0.717) is 49.9 Å². The van der Waals surface area contributed by atoms with E-state index in [9.17, 15) is 9.59 Å². The number of amides is 2. The number of rotatable bonds is 6. The van der Waals surface area contributed by atoms with Gasteiger partial charge in [-0.2, -0.15) is 5.10 Å². The number of aromatic nitrogens is 2. The lowest BCUT2D eigenvalue weighted by Gasteiger charge is -2.34. The average molecular weight is 456 g/mol. The molecule has 2 amide bonds. The van der Waals surface area contributed by atoms with Crippen molar-refractivity contribution in [3.8, 4) is 17.1 Å². The Bertz CT molecular complexity index is 1240. The number of hydrogen-bond acceptors (Lipinski definition) is 5. The molecule has 4 aromatic rings. The molecule has 1 aliphatic rings. The molecule has 1 N–H and O–H groups in total. The van der Waals surface area contributed by atoms with E-state index < -0.39 is 0 Å². The highest BCUT2D eigenvalue weighted by molar-refractivity contribution is 5.94. The van der Waals surface area contributed by atoms with Gasteiger partial charge in [0.15, 0.2) is 5.76 Å². The molecule has 172 valence electrons. The monoisotopic (exact) mass is 455 g/mol. The molecule has 0 bridgehead atoms. The van der Waals surface area contributed by atoms with Gasteiger partial charge >= 0.3 is 0 Å². The first-order valence-electron chi connectivity index (χ1n) is 11.2. The quantitative estimate of drug-likeness (QED) is 0.481. The molecule has 0 radical (unpaired) electrons. The Morgan fingerprint density at radius 1 is 0.882 bits per heavy atom. The van der Waals surface area contributed by atoms with E-state index in [-0.39, 0.29) is 11.8 Å². The SMILES string of the molecule is O=C(CN1CCN(C(=O)c2cc(-c3ccco3)nn2-c2ccccc2)CC1)Nc1ccccc1. The lowest BCUT2D eigenvalue weighted by Crippen LogP contribution is -2.50. The predicted octanol–water partition coefficient (Wildman–Crippen LogP) is 3.53. The van der Waals surface area contributed by atoms with Gasteiger partial charge in [-0.1, -0.05) is 36.4 Å². The summed E-state index contributed by atoms with van der Waals surface area (Å²) in [6.45, 7) is 2.61. The zero-order valence-electron chi connectivity index (χ0n) is 18.6. The van der Waals surface area contributed by atoms with Crippen molar-refractivity contribution in [2.75, 3.05) is 38.0 Å². The molecule has 2 aromatic heterocycles. The minimum Gasteiger partial charge on any atom is -0.463 e. The van der Waals surface area contributed by atoms with Gasteiger partial charge in [0, 0.05) is 37.9 Å². The van der Waals surface area contributed by atoms with E-state index >= 15 is 0 Å². The Morgan fingerprint density at radius 2 is 1.59 bits per heavy atom. The molecule has 8 nitrogen and oxygen atoms in total. The minimum absolute atomic E-state index is 0.0591. The number of carbonyl (C=O) groups is 2. The number of anilines is 1. The molecule has 3 heterocycles. The van der Waals surface area contributed by atoms with Crippen LogP contribution in [0.25, 0.3) is 17.1 Å². The van der Waals surface area contributed by atoms with Crippen LogP contribution >= 0.6 is 0 Å². The maximum atomic E-state index is 13.5. The summed E-state index contributed by atoms with van der Waals surface area (Å²) in [4.78, 5) is 29.7. The Labute approximate surface area is 197 Å². The fraction of sp³-hybridized carbons (Fsp3) is 0.192. The van der Waals surface area contributed by atoms with E-state index in [2.05, 4.69) is 15.3 Å². The van der Waals surface area contributed by atoms with E-state index in [1.165, 1.54) is 0 Å². The Kier molecular flexibility index (Phi) is 6.22. The molecule has 0 atom stereocenters. The van der Waals surface area contributed by atoms with Crippen molar-refractivity contribution in [1.82, 2.24) is 19.6 Å². The van der Waals surface area contributed by atoms with Gasteiger partial charge in [-0.05, 0) is 36.4 Å². The van der Waals surface area contributed by atoms with Crippen LogP contribution in [0.1, 0.15) is 10.5 Å². The molecule has 1 saturated heterocycles. The second kappa shape index (κ2) is 9.76. The largest absolute Gasteiger partial charge is 0.463 e. The molecular weight excluding hydrogens is 430 g/mol.